The Morgan fingerprint density at radius 3 is 3.00 bits per heavy atom. The lowest BCUT2D eigenvalue weighted by atomic mass is 10.2. The Morgan fingerprint density at radius 1 is 1.55 bits per heavy atom. The fraction of sp³-hybridized carbons (Fsp3) is 0.429. The molecular weight excluding hydrogens is 260 g/mol. The highest BCUT2D eigenvalue weighted by Gasteiger charge is 2.27. The molecule has 2 N–H and O–H groups in total. The molecule has 1 aromatic rings. The quantitative estimate of drug-likeness (QED) is 0.744. The molecule has 6 nitrogen and oxygen atoms in total. The second-order valence-electron chi connectivity index (χ2n) is 4.74. The number of benzene rings is 1. The Morgan fingerprint density at radius 2 is 2.35 bits per heavy atom. The van der Waals surface area contributed by atoms with Gasteiger partial charge in [-0.2, -0.15) is 0 Å². The molecule has 0 aromatic heterocycles. The summed E-state index contributed by atoms with van der Waals surface area (Å²) in [6, 6.07) is 6.22. The van der Waals surface area contributed by atoms with Crippen molar-refractivity contribution in [3.05, 3.63) is 29.8 Å². The first kappa shape index (κ1) is 14.3. The Bertz CT molecular complexity index is 504. The molecule has 1 amide bonds. The minimum absolute atomic E-state index is 0.109. The predicted molar refractivity (Wildman–Crippen MR) is 72.9 cm³/mol. The van der Waals surface area contributed by atoms with Crippen molar-refractivity contribution in [1.29, 1.82) is 0 Å². The number of hydrogen-bond acceptors (Lipinski definition) is 4. The summed E-state index contributed by atoms with van der Waals surface area (Å²) in [4.78, 5) is 24.2. The largest absolute Gasteiger partial charge is 0.492 e. The second kappa shape index (κ2) is 6.38. The molecule has 0 aliphatic carbocycles. The van der Waals surface area contributed by atoms with Crippen molar-refractivity contribution in [2.75, 3.05) is 26.7 Å². The molecule has 1 atom stereocenters. The van der Waals surface area contributed by atoms with Gasteiger partial charge in [0.2, 0.25) is 5.91 Å². The predicted octanol–water partition coefficient (Wildman–Crippen LogP) is 0.584. The van der Waals surface area contributed by atoms with E-state index in [0.717, 1.165) is 13.0 Å². The van der Waals surface area contributed by atoms with Gasteiger partial charge in [0.25, 0.3) is 0 Å². The smallest absolute Gasteiger partial charge is 0.335 e. The van der Waals surface area contributed by atoms with E-state index < -0.39 is 5.97 Å². The van der Waals surface area contributed by atoms with Crippen molar-refractivity contribution in [3.63, 3.8) is 0 Å². The topological polar surface area (TPSA) is 78.9 Å². The minimum atomic E-state index is -0.979. The zero-order chi connectivity index (χ0) is 14.5. The molecule has 20 heavy (non-hydrogen) atoms. The first-order chi connectivity index (χ1) is 9.58. The van der Waals surface area contributed by atoms with Gasteiger partial charge in [0.15, 0.2) is 0 Å². The summed E-state index contributed by atoms with van der Waals surface area (Å²) in [5, 5.41) is 12.0. The number of aromatic carboxylic acids is 1. The number of carbonyl (C=O) groups is 2. The van der Waals surface area contributed by atoms with E-state index in [0.29, 0.717) is 18.9 Å². The molecule has 1 aliphatic heterocycles. The molecule has 0 spiro atoms. The molecule has 0 bridgehead atoms. The summed E-state index contributed by atoms with van der Waals surface area (Å²) >= 11 is 0. The van der Waals surface area contributed by atoms with Crippen molar-refractivity contribution in [2.45, 2.75) is 12.5 Å². The molecule has 0 saturated carbocycles. The number of amides is 1. The lowest BCUT2D eigenvalue weighted by Gasteiger charge is -2.12. The van der Waals surface area contributed by atoms with E-state index in [1.54, 1.807) is 24.1 Å². The number of likely N-dealkylation sites (tertiary alicyclic amines) is 1. The SMILES string of the molecule is CN1CCC(NCCOc2cccc(C(=O)O)c2)C1=O. The molecule has 6 heteroatoms. The highest BCUT2D eigenvalue weighted by molar-refractivity contribution is 5.88. The van der Waals surface area contributed by atoms with Crippen LogP contribution in [0.5, 0.6) is 5.75 Å². The van der Waals surface area contributed by atoms with Crippen LogP contribution in [0.25, 0.3) is 0 Å². The van der Waals surface area contributed by atoms with E-state index in [4.69, 9.17) is 9.84 Å². The van der Waals surface area contributed by atoms with E-state index >= 15 is 0 Å². The summed E-state index contributed by atoms with van der Waals surface area (Å²) in [6.45, 7) is 1.70. The maximum Gasteiger partial charge on any atom is 0.335 e. The molecule has 108 valence electrons. The number of carbonyl (C=O) groups excluding carboxylic acids is 1. The molecule has 1 aliphatic rings. The molecule has 2 rings (SSSR count). The highest BCUT2D eigenvalue weighted by Crippen LogP contribution is 2.13. The van der Waals surface area contributed by atoms with Crippen molar-refractivity contribution in [3.8, 4) is 5.75 Å². The van der Waals surface area contributed by atoms with Crippen LogP contribution in [0.3, 0.4) is 0 Å². The molecule has 1 fully saturated rings. The van der Waals surface area contributed by atoms with Crippen LogP contribution < -0.4 is 10.1 Å². The van der Waals surface area contributed by atoms with Gasteiger partial charge in [-0.25, -0.2) is 4.79 Å². The van der Waals surface area contributed by atoms with Crippen LogP contribution in [0, 0.1) is 0 Å². The van der Waals surface area contributed by atoms with Gasteiger partial charge in [0.1, 0.15) is 12.4 Å². The normalized spacial score (nSPS) is 18.4. The number of nitrogens with zero attached hydrogens (tertiary/aromatic N) is 1. The third-order valence-electron chi connectivity index (χ3n) is 3.27. The highest BCUT2D eigenvalue weighted by atomic mass is 16.5. The average Bonchev–Trinajstić information content (AvgIpc) is 2.75. The minimum Gasteiger partial charge on any atom is -0.492 e. The van der Waals surface area contributed by atoms with E-state index in [-0.39, 0.29) is 17.5 Å². The summed E-state index contributed by atoms with van der Waals surface area (Å²) in [6.07, 6.45) is 0.809. The standard InChI is InChI=1S/C14H18N2O4/c1-16-7-5-12(13(16)17)15-6-8-20-11-4-2-3-10(9-11)14(18)19/h2-4,9,12,15H,5-8H2,1H3,(H,18,19). The van der Waals surface area contributed by atoms with Crippen LogP contribution >= 0.6 is 0 Å². The maximum absolute atomic E-state index is 11.6. The summed E-state index contributed by atoms with van der Waals surface area (Å²) < 4.78 is 5.47. The number of carboxylic acids is 1. The third-order valence-corrected chi connectivity index (χ3v) is 3.27. The van der Waals surface area contributed by atoms with Gasteiger partial charge >= 0.3 is 5.97 Å². The average molecular weight is 278 g/mol. The van der Waals surface area contributed by atoms with E-state index in [9.17, 15) is 9.59 Å². The maximum atomic E-state index is 11.6. The van der Waals surface area contributed by atoms with Crippen molar-refractivity contribution in [1.82, 2.24) is 10.2 Å². The first-order valence-corrected chi connectivity index (χ1v) is 6.52. The van der Waals surface area contributed by atoms with Gasteiger partial charge in [-0.15, -0.1) is 0 Å². The van der Waals surface area contributed by atoms with Crippen LogP contribution in [-0.2, 0) is 4.79 Å². The number of hydrogen-bond donors (Lipinski definition) is 2. The summed E-state index contributed by atoms with van der Waals surface area (Å²) in [5.74, 6) is -0.354. The van der Waals surface area contributed by atoms with Gasteiger partial charge < -0.3 is 20.1 Å². The van der Waals surface area contributed by atoms with E-state index in [1.807, 2.05) is 0 Å². The first-order valence-electron chi connectivity index (χ1n) is 6.52. The Balaban J connectivity index is 1.75. The van der Waals surface area contributed by atoms with E-state index in [2.05, 4.69) is 5.32 Å². The molecule has 1 unspecified atom stereocenters. The molecule has 0 radical (unpaired) electrons. The van der Waals surface area contributed by atoms with E-state index in [1.165, 1.54) is 12.1 Å². The van der Waals surface area contributed by atoms with Gasteiger partial charge in [0, 0.05) is 20.1 Å². The molecule has 1 saturated heterocycles. The number of nitrogens with one attached hydrogen (secondary N) is 1. The van der Waals surface area contributed by atoms with Gasteiger partial charge in [0.05, 0.1) is 11.6 Å². The monoisotopic (exact) mass is 278 g/mol. The number of rotatable bonds is 6. The zero-order valence-corrected chi connectivity index (χ0v) is 11.3. The van der Waals surface area contributed by atoms with Gasteiger partial charge in [-0.1, -0.05) is 6.07 Å². The van der Waals surface area contributed by atoms with Crippen molar-refractivity contribution >= 4 is 11.9 Å². The van der Waals surface area contributed by atoms with Crippen LogP contribution in [0.2, 0.25) is 0 Å². The number of likely N-dealkylation sites (N-methyl/N-ethyl adjacent to an activating group) is 1. The number of ether oxygens (including phenoxy) is 1. The Kier molecular flexibility index (Phi) is 4.57. The fourth-order valence-corrected chi connectivity index (χ4v) is 2.13. The summed E-state index contributed by atoms with van der Waals surface area (Å²) in [5.41, 5.74) is 0.197. The zero-order valence-electron chi connectivity index (χ0n) is 11.3. The van der Waals surface area contributed by atoms with Gasteiger partial charge in [-0.3, -0.25) is 4.79 Å². The molecule has 1 aromatic carbocycles. The Hall–Kier alpha value is -2.08. The molecule has 1 heterocycles. The van der Waals surface area contributed by atoms with Crippen LogP contribution in [0.1, 0.15) is 16.8 Å². The second-order valence-corrected chi connectivity index (χ2v) is 4.74. The lowest BCUT2D eigenvalue weighted by molar-refractivity contribution is -0.128. The summed E-state index contributed by atoms with van der Waals surface area (Å²) in [7, 11) is 1.79. The lowest BCUT2D eigenvalue weighted by Crippen LogP contribution is -2.38. The molecular formula is C14H18N2O4. The third kappa shape index (κ3) is 3.48. The van der Waals surface area contributed by atoms with Crippen molar-refractivity contribution < 1.29 is 19.4 Å². The van der Waals surface area contributed by atoms with Gasteiger partial charge in [-0.05, 0) is 24.6 Å². The van der Waals surface area contributed by atoms with Crippen molar-refractivity contribution in [2.24, 2.45) is 0 Å². The number of carboxylic acid groups (broad SMARTS) is 1. The fourth-order valence-electron chi connectivity index (χ4n) is 2.13. The van der Waals surface area contributed by atoms with Crippen LogP contribution in [0.4, 0.5) is 0 Å². The Labute approximate surface area is 117 Å². The van der Waals surface area contributed by atoms with Crippen LogP contribution in [0.15, 0.2) is 24.3 Å². The van der Waals surface area contributed by atoms with Crippen LogP contribution in [-0.4, -0.2) is 54.7 Å².